The first-order valence-electron chi connectivity index (χ1n) is 7.89. The highest BCUT2D eigenvalue weighted by atomic mass is 79.9. The fraction of sp³-hybridized carbons (Fsp3) is 0.188. The Labute approximate surface area is 169 Å². The molecule has 0 unspecified atom stereocenters. The Kier molecular flexibility index (Phi) is 4.89. The highest BCUT2D eigenvalue weighted by Gasteiger charge is 2.12. The van der Waals surface area contributed by atoms with Crippen molar-refractivity contribution < 1.29 is 4.79 Å². The van der Waals surface area contributed by atoms with Crippen molar-refractivity contribution in [1.29, 1.82) is 0 Å². The maximum absolute atomic E-state index is 12.4. The summed E-state index contributed by atoms with van der Waals surface area (Å²) in [5, 5.41) is 9.68. The van der Waals surface area contributed by atoms with Crippen molar-refractivity contribution in [2.24, 2.45) is 7.05 Å². The van der Waals surface area contributed by atoms with E-state index in [1.54, 1.807) is 23.1 Å². The number of fused-ring (bicyclic) bond motifs is 1. The van der Waals surface area contributed by atoms with E-state index in [1.165, 1.54) is 28.4 Å². The summed E-state index contributed by atoms with van der Waals surface area (Å²) in [6, 6.07) is 3.94. The van der Waals surface area contributed by atoms with Crippen molar-refractivity contribution in [3.8, 4) is 10.6 Å². The molecule has 0 aliphatic heterocycles. The Bertz CT molecular complexity index is 1190. The molecule has 0 atom stereocenters. The van der Waals surface area contributed by atoms with Crippen LogP contribution >= 0.6 is 38.6 Å². The van der Waals surface area contributed by atoms with Crippen LogP contribution in [0.5, 0.6) is 0 Å². The number of hydrogen-bond acceptors (Lipinski definition) is 7. The third-order valence-corrected chi connectivity index (χ3v) is 6.28. The van der Waals surface area contributed by atoms with Crippen LogP contribution < -0.4 is 10.9 Å². The predicted octanol–water partition coefficient (Wildman–Crippen LogP) is 3.11. The van der Waals surface area contributed by atoms with Gasteiger partial charge < -0.3 is 5.32 Å². The molecule has 4 aromatic rings. The molecule has 1 N–H and O–H groups in total. The number of hydrogen-bond donors (Lipinski definition) is 1. The van der Waals surface area contributed by atoms with Crippen molar-refractivity contribution >= 4 is 60.7 Å². The number of nitrogens with one attached hydrogen (secondary N) is 1. The lowest BCUT2D eigenvalue weighted by Crippen LogP contribution is -2.23. The van der Waals surface area contributed by atoms with Gasteiger partial charge in [0, 0.05) is 25.4 Å². The number of aryl methyl sites for hydroxylation is 2. The zero-order valence-corrected chi connectivity index (χ0v) is 17.3. The second-order valence-electron chi connectivity index (χ2n) is 5.69. The number of rotatable bonds is 5. The predicted molar refractivity (Wildman–Crippen MR) is 109 cm³/mol. The second-order valence-corrected chi connectivity index (χ2v) is 9.01. The molecule has 4 rings (SSSR count). The van der Waals surface area contributed by atoms with Crippen LogP contribution in [0.2, 0.25) is 0 Å². The van der Waals surface area contributed by atoms with Gasteiger partial charge in [0.25, 0.3) is 5.56 Å². The maximum atomic E-state index is 12.4. The molecule has 4 heterocycles. The van der Waals surface area contributed by atoms with Crippen LogP contribution in [-0.2, 0) is 18.4 Å². The Balaban J connectivity index is 1.41. The lowest BCUT2D eigenvalue weighted by atomic mass is 10.3. The minimum absolute atomic E-state index is 0.146. The van der Waals surface area contributed by atoms with Crippen LogP contribution in [0.1, 0.15) is 6.42 Å². The Morgan fingerprint density at radius 3 is 3.00 bits per heavy atom. The second kappa shape index (κ2) is 7.33. The fourth-order valence-corrected chi connectivity index (χ4v) is 4.67. The van der Waals surface area contributed by atoms with Crippen molar-refractivity contribution in [3.63, 3.8) is 0 Å². The average Bonchev–Trinajstić information content (AvgIpc) is 3.35. The van der Waals surface area contributed by atoms with Crippen LogP contribution in [-0.4, -0.2) is 30.2 Å². The van der Waals surface area contributed by atoms with Crippen LogP contribution in [0.25, 0.3) is 21.6 Å². The molecule has 0 radical (unpaired) electrons. The number of aromatic nitrogens is 5. The largest absolute Gasteiger partial charge is 0.302 e. The Morgan fingerprint density at radius 1 is 1.37 bits per heavy atom. The minimum Gasteiger partial charge on any atom is -0.302 e. The quantitative estimate of drug-likeness (QED) is 0.489. The summed E-state index contributed by atoms with van der Waals surface area (Å²) in [7, 11) is 1.73. The van der Waals surface area contributed by atoms with E-state index in [0.29, 0.717) is 16.2 Å². The van der Waals surface area contributed by atoms with Gasteiger partial charge in [-0.2, -0.15) is 5.10 Å². The maximum Gasteiger partial charge on any atom is 0.264 e. The average molecular weight is 465 g/mol. The molecule has 0 aliphatic carbocycles. The highest BCUT2D eigenvalue weighted by Crippen LogP contribution is 2.33. The summed E-state index contributed by atoms with van der Waals surface area (Å²) in [6.07, 6.45) is 3.07. The van der Waals surface area contributed by atoms with Gasteiger partial charge in [-0.15, -0.1) is 22.7 Å². The molecule has 27 heavy (non-hydrogen) atoms. The minimum atomic E-state index is -0.208. The lowest BCUT2D eigenvalue weighted by molar-refractivity contribution is -0.116. The van der Waals surface area contributed by atoms with E-state index in [0.717, 1.165) is 14.4 Å². The number of nitrogens with zero attached hydrogens (tertiary/aromatic N) is 5. The molecule has 8 nitrogen and oxygen atoms in total. The van der Waals surface area contributed by atoms with E-state index >= 15 is 0 Å². The summed E-state index contributed by atoms with van der Waals surface area (Å²) in [6.45, 7) is 0.235. The first-order valence-corrected chi connectivity index (χ1v) is 10.4. The third-order valence-electron chi connectivity index (χ3n) is 3.87. The molecule has 0 bridgehead atoms. The molecule has 4 aromatic heterocycles. The van der Waals surface area contributed by atoms with E-state index in [4.69, 9.17) is 0 Å². The Hall–Kier alpha value is -2.37. The van der Waals surface area contributed by atoms with Crippen molar-refractivity contribution in [2.45, 2.75) is 13.0 Å². The molecule has 1 amide bonds. The molecular weight excluding hydrogens is 452 g/mol. The number of carbonyl (C=O) groups is 1. The number of thiazole rings is 1. The van der Waals surface area contributed by atoms with E-state index in [2.05, 4.69) is 36.3 Å². The number of halogens is 1. The van der Waals surface area contributed by atoms with Gasteiger partial charge in [0.1, 0.15) is 5.39 Å². The van der Waals surface area contributed by atoms with E-state index in [-0.39, 0.29) is 24.4 Å². The topological polar surface area (TPSA) is 94.7 Å². The number of anilines is 1. The van der Waals surface area contributed by atoms with Crippen molar-refractivity contribution in [1.82, 2.24) is 24.3 Å². The van der Waals surface area contributed by atoms with Crippen molar-refractivity contribution in [3.05, 3.63) is 44.2 Å². The van der Waals surface area contributed by atoms with Crippen LogP contribution in [0.3, 0.4) is 0 Å². The number of thiophene rings is 1. The normalized spacial score (nSPS) is 11.2. The van der Waals surface area contributed by atoms with Gasteiger partial charge >= 0.3 is 0 Å². The summed E-state index contributed by atoms with van der Waals surface area (Å²) in [4.78, 5) is 34.3. The zero-order valence-electron chi connectivity index (χ0n) is 14.0. The zero-order chi connectivity index (χ0) is 19.0. The molecule has 0 saturated heterocycles. The highest BCUT2D eigenvalue weighted by molar-refractivity contribution is 9.11. The Morgan fingerprint density at radius 2 is 2.22 bits per heavy atom. The standard InChI is InChI=1S/C16H13BrN6O2S2/c1-22-14-9(6-19-22)15(25)23(8-18-14)5-4-13(24)21-16-20-10(7-26-16)11-2-3-12(17)27-11/h2-3,6-8H,4-5H2,1H3,(H,20,21,24). The first kappa shape index (κ1) is 18.0. The summed E-state index contributed by atoms with van der Waals surface area (Å²) in [5.41, 5.74) is 1.14. The SMILES string of the molecule is Cn1ncc2c(=O)n(CCC(=O)Nc3nc(-c4ccc(Br)s4)cs3)cnc21. The van der Waals surface area contributed by atoms with Crippen LogP contribution in [0.4, 0.5) is 5.13 Å². The lowest BCUT2D eigenvalue weighted by Gasteiger charge is -2.05. The van der Waals surface area contributed by atoms with Crippen LogP contribution in [0, 0.1) is 0 Å². The number of amides is 1. The van der Waals surface area contributed by atoms with Gasteiger partial charge in [-0.05, 0) is 28.1 Å². The van der Waals surface area contributed by atoms with E-state index in [9.17, 15) is 9.59 Å². The molecular formula is C16H13BrN6O2S2. The van der Waals surface area contributed by atoms with Gasteiger partial charge in [-0.25, -0.2) is 9.97 Å². The van der Waals surface area contributed by atoms with Crippen molar-refractivity contribution in [2.75, 3.05) is 5.32 Å². The fourth-order valence-electron chi connectivity index (χ4n) is 2.53. The van der Waals surface area contributed by atoms with Crippen LogP contribution in [0.15, 0.2) is 38.6 Å². The molecule has 138 valence electrons. The first-order chi connectivity index (χ1) is 13.0. The van der Waals surface area contributed by atoms with E-state index in [1.807, 2.05) is 17.5 Å². The summed E-state index contributed by atoms with van der Waals surface area (Å²) < 4.78 is 3.99. The molecule has 0 spiro atoms. The molecule has 0 fully saturated rings. The molecule has 11 heteroatoms. The monoisotopic (exact) mass is 464 g/mol. The van der Waals surface area contributed by atoms with Gasteiger partial charge in [0.05, 0.1) is 26.9 Å². The van der Waals surface area contributed by atoms with Gasteiger partial charge in [0.2, 0.25) is 5.91 Å². The molecule has 0 aliphatic rings. The van der Waals surface area contributed by atoms with Gasteiger partial charge in [0.15, 0.2) is 10.8 Å². The van der Waals surface area contributed by atoms with Gasteiger partial charge in [-0.1, -0.05) is 0 Å². The van der Waals surface area contributed by atoms with E-state index < -0.39 is 0 Å². The number of carbonyl (C=O) groups excluding carboxylic acids is 1. The summed E-state index contributed by atoms with van der Waals surface area (Å²) >= 11 is 6.38. The summed E-state index contributed by atoms with van der Waals surface area (Å²) in [5.74, 6) is -0.207. The third kappa shape index (κ3) is 3.70. The smallest absolute Gasteiger partial charge is 0.264 e. The van der Waals surface area contributed by atoms with Gasteiger partial charge in [-0.3, -0.25) is 18.8 Å². The molecule has 0 aromatic carbocycles. The molecule has 0 saturated carbocycles.